The third kappa shape index (κ3) is 3.74. The normalized spacial score (nSPS) is 10.9. The summed E-state index contributed by atoms with van der Waals surface area (Å²) in [4.78, 5) is 23.0. The zero-order valence-corrected chi connectivity index (χ0v) is 21.2. The molecule has 0 fully saturated rings. The van der Waals surface area contributed by atoms with Crippen LogP contribution in [0.2, 0.25) is 0 Å². The first-order valence-corrected chi connectivity index (χ1v) is 12.8. The number of hydrogen-bond acceptors (Lipinski definition) is 3. The number of rotatable bonds is 3. The van der Waals surface area contributed by atoms with Gasteiger partial charge in [-0.25, -0.2) is 24.6 Å². The molecule has 0 aliphatic rings. The summed E-state index contributed by atoms with van der Waals surface area (Å²) in [5.74, 6) is 0. The number of benzene rings is 5. The molecule has 2 aromatic heterocycles. The largest absolute Gasteiger partial charge is 0.248 e. The van der Waals surface area contributed by atoms with Crippen LogP contribution in [0.5, 0.6) is 0 Å². The highest BCUT2D eigenvalue weighted by molar-refractivity contribution is 6.25. The third-order valence-corrected chi connectivity index (χ3v) is 7.07. The van der Waals surface area contributed by atoms with Gasteiger partial charge in [-0.1, -0.05) is 103 Å². The molecular weight excluding hydrogens is 490 g/mol. The smallest absolute Gasteiger partial charge is 0.199 e. The van der Waals surface area contributed by atoms with Crippen molar-refractivity contribution in [3.63, 3.8) is 0 Å². The molecule has 0 atom stereocenters. The first-order valence-electron chi connectivity index (χ1n) is 12.8. The van der Waals surface area contributed by atoms with E-state index in [9.17, 15) is 0 Å². The second-order valence-corrected chi connectivity index (χ2v) is 9.41. The van der Waals surface area contributed by atoms with Crippen molar-refractivity contribution in [2.24, 2.45) is 0 Å². The quantitative estimate of drug-likeness (QED) is 0.176. The van der Waals surface area contributed by atoms with Crippen LogP contribution in [0.4, 0.5) is 11.4 Å². The molecule has 184 valence electrons. The standard InChI is InChI=1S/C35H19N5/c1-36-25-19-17-24(18-20-25)32-31-28(37-2)21-29-35(30(31)26-15-9-10-16-27(26)38-32)40-34(23-13-7-4-8-14-23)33(39-29)22-11-5-3-6-12-22/h3-21H. The Kier molecular flexibility index (Phi) is 5.48. The van der Waals surface area contributed by atoms with Crippen LogP contribution < -0.4 is 0 Å². The fourth-order valence-corrected chi connectivity index (χ4v) is 5.23. The summed E-state index contributed by atoms with van der Waals surface area (Å²) < 4.78 is 0. The molecule has 0 unspecified atom stereocenters. The topological polar surface area (TPSA) is 47.4 Å². The van der Waals surface area contributed by atoms with Gasteiger partial charge >= 0.3 is 0 Å². The second kappa shape index (κ2) is 9.44. The van der Waals surface area contributed by atoms with E-state index in [-0.39, 0.29) is 0 Å². The van der Waals surface area contributed by atoms with E-state index >= 15 is 0 Å². The van der Waals surface area contributed by atoms with Crippen LogP contribution in [-0.2, 0) is 0 Å². The number of nitrogens with zero attached hydrogens (tertiary/aromatic N) is 5. The molecule has 0 saturated carbocycles. The minimum absolute atomic E-state index is 0.464. The van der Waals surface area contributed by atoms with E-state index in [1.165, 1.54) is 0 Å². The van der Waals surface area contributed by atoms with Crippen molar-refractivity contribution in [2.45, 2.75) is 0 Å². The van der Waals surface area contributed by atoms with Crippen LogP contribution in [-0.4, -0.2) is 15.0 Å². The van der Waals surface area contributed by atoms with E-state index in [0.717, 1.165) is 55.3 Å². The van der Waals surface area contributed by atoms with E-state index in [2.05, 4.69) is 9.69 Å². The lowest BCUT2D eigenvalue weighted by Crippen LogP contribution is -1.98. The van der Waals surface area contributed by atoms with Gasteiger partial charge in [0.25, 0.3) is 0 Å². The Bertz CT molecular complexity index is 2160. The fourth-order valence-electron chi connectivity index (χ4n) is 5.23. The number of aromatic nitrogens is 3. The van der Waals surface area contributed by atoms with Crippen molar-refractivity contribution < 1.29 is 0 Å². The summed E-state index contributed by atoms with van der Waals surface area (Å²) in [5.41, 5.74) is 8.19. The minimum atomic E-state index is 0.464. The predicted molar refractivity (Wildman–Crippen MR) is 161 cm³/mol. The Hall–Kier alpha value is -5.91. The van der Waals surface area contributed by atoms with Gasteiger partial charge in [-0.2, -0.15) is 0 Å². The maximum atomic E-state index is 8.14. The van der Waals surface area contributed by atoms with Crippen LogP contribution in [0.1, 0.15) is 0 Å². The molecule has 0 aliphatic heterocycles. The zero-order valence-electron chi connectivity index (χ0n) is 21.2. The zero-order chi connectivity index (χ0) is 27.1. The van der Waals surface area contributed by atoms with Crippen molar-refractivity contribution in [3.05, 3.63) is 138 Å². The van der Waals surface area contributed by atoms with Crippen LogP contribution in [0.15, 0.2) is 115 Å². The minimum Gasteiger partial charge on any atom is -0.248 e. The van der Waals surface area contributed by atoms with Gasteiger partial charge in [0, 0.05) is 27.3 Å². The Morgan fingerprint density at radius 3 is 1.70 bits per heavy atom. The van der Waals surface area contributed by atoms with Gasteiger partial charge in [0.15, 0.2) is 11.4 Å². The average molecular weight is 510 g/mol. The molecule has 0 bridgehead atoms. The maximum Gasteiger partial charge on any atom is 0.199 e. The molecule has 0 N–H and O–H groups in total. The van der Waals surface area contributed by atoms with Crippen molar-refractivity contribution >= 4 is 44.1 Å². The van der Waals surface area contributed by atoms with E-state index in [4.69, 9.17) is 28.1 Å². The number of para-hydroxylation sites is 1. The fraction of sp³-hybridized carbons (Fsp3) is 0. The molecule has 7 rings (SSSR count). The molecule has 0 amide bonds. The lowest BCUT2D eigenvalue weighted by Gasteiger charge is -2.16. The van der Waals surface area contributed by atoms with Crippen LogP contribution in [0, 0.1) is 13.1 Å². The summed E-state index contributed by atoms with van der Waals surface area (Å²) in [7, 11) is 0. The van der Waals surface area contributed by atoms with Crippen molar-refractivity contribution in [1.29, 1.82) is 0 Å². The molecule has 5 aromatic carbocycles. The van der Waals surface area contributed by atoms with Crippen molar-refractivity contribution in [2.75, 3.05) is 0 Å². The maximum absolute atomic E-state index is 8.14. The first-order chi connectivity index (χ1) is 19.7. The lowest BCUT2D eigenvalue weighted by atomic mass is 9.96. The summed E-state index contributed by atoms with van der Waals surface area (Å²) >= 11 is 0. The Morgan fingerprint density at radius 1 is 0.475 bits per heavy atom. The van der Waals surface area contributed by atoms with E-state index < -0.39 is 0 Å². The monoisotopic (exact) mass is 509 g/mol. The molecule has 5 nitrogen and oxygen atoms in total. The molecule has 0 aliphatic carbocycles. The number of fused-ring (bicyclic) bond motifs is 5. The molecule has 0 radical (unpaired) electrons. The molecule has 0 spiro atoms. The molecule has 7 aromatic rings. The van der Waals surface area contributed by atoms with E-state index in [1.54, 1.807) is 12.1 Å². The van der Waals surface area contributed by atoms with Gasteiger partial charge < -0.3 is 0 Å². The van der Waals surface area contributed by atoms with Crippen LogP contribution >= 0.6 is 0 Å². The van der Waals surface area contributed by atoms with Gasteiger partial charge in [-0.05, 0) is 17.7 Å². The van der Waals surface area contributed by atoms with Gasteiger partial charge in [0.2, 0.25) is 0 Å². The van der Waals surface area contributed by atoms with Crippen molar-refractivity contribution in [1.82, 2.24) is 15.0 Å². The molecule has 0 saturated heterocycles. The van der Waals surface area contributed by atoms with Gasteiger partial charge in [0.05, 0.1) is 46.8 Å². The molecule has 40 heavy (non-hydrogen) atoms. The number of hydrogen-bond donors (Lipinski definition) is 0. The van der Waals surface area contributed by atoms with Gasteiger partial charge in [0.1, 0.15) is 0 Å². The highest BCUT2D eigenvalue weighted by Crippen LogP contribution is 2.43. The SMILES string of the molecule is [C-]#[N+]c1ccc(-c2nc3ccccc3c3c2c([N+]#[C-])cc2nc(-c4ccccc4)c(-c4ccccc4)nc23)cc1. The third-order valence-electron chi connectivity index (χ3n) is 7.07. The van der Waals surface area contributed by atoms with E-state index in [0.29, 0.717) is 22.6 Å². The average Bonchev–Trinajstić information content (AvgIpc) is 3.04. The Balaban J connectivity index is 1.67. The summed E-state index contributed by atoms with van der Waals surface area (Å²) in [5, 5.41) is 2.50. The van der Waals surface area contributed by atoms with Crippen molar-refractivity contribution in [3.8, 4) is 33.8 Å². The highest BCUT2D eigenvalue weighted by atomic mass is 14.8. The second-order valence-electron chi connectivity index (χ2n) is 9.41. The van der Waals surface area contributed by atoms with Crippen LogP contribution in [0.3, 0.4) is 0 Å². The Morgan fingerprint density at radius 2 is 1.05 bits per heavy atom. The molecule has 2 heterocycles. The highest BCUT2D eigenvalue weighted by Gasteiger charge is 2.21. The first kappa shape index (κ1) is 23.2. The van der Waals surface area contributed by atoms with Crippen LogP contribution in [0.25, 0.3) is 76.2 Å². The molecular formula is C35H19N5. The summed E-state index contributed by atoms with van der Waals surface area (Å²) in [6.07, 6.45) is 0. The predicted octanol–water partition coefficient (Wildman–Crippen LogP) is 9.43. The van der Waals surface area contributed by atoms with Gasteiger partial charge in [-0.15, -0.1) is 0 Å². The lowest BCUT2D eigenvalue weighted by molar-refractivity contribution is 1.30. The van der Waals surface area contributed by atoms with E-state index in [1.807, 2.05) is 103 Å². The van der Waals surface area contributed by atoms with Gasteiger partial charge in [-0.3, -0.25) is 0 Å². The summed E-state index contributed by atoms with van der Waals surface area (Å²) in [6, 6.07) is 37.2. The number of pyridine rings is 1. The Labute approximate surface area is 230 Å². The summed E-state index contributed by atoms with van der Waals surface area (Å²) in [6.45, 7) is 15.5. The molecule has 5 heteroatoms.